The van der Waals surface area contributed by atoms with Crippen LogP contribution in [0.15, 0.2) is 58.9 Å². The van der Waals surface area contributed by atoms with E-state index in [2.05, 4.69) is 15.4 Å². The molecule has 0 aliphatic rings. The van der Waals surface area contributed by atoms with Crippen LogP contribution in [0.2, 0.25) is 5.02 Å². The summed E-state index contributed by atoms with van der Waals surface area (Å²) >= 11 is 7.39. The molecule has 0 unspecified atom stereocenters. The van der Waals surface area contributed by atoms with Crippen molar-refractivity contribution in [2.45, 2.75) is 25.9 Å². The summed E-state index contributed by atoms with van der Waals surface area (Å²) in [6.45, 7) is 1.80. The predicted molar refractivity (Wildman–Crippen MR) is 133 cm³/mol. The van der Waals surface area contributed by atoms with E-state index in [0.717, 1.165) is 21.6 Å². The number of carbonyl (C=O) groups is 1. The summed E-state index contributed by atoms with van der Waals surface area (Å²) in [5.41, 5.74) is 2.53. The fourth-order valence-corrected chi connectivity index (χ4v) is 4.36. The average molecular weight is 543 g/mol. The van der Waals surface area contributed by atoms with Gasteiger partial charge in [0.2, 0.25) is 5.91 Å². The van der Waals surface area contributed by atoms with Crippen LogP contribution >= 0.6 is 22.9 Å². The number of rotatable bonds is 12. The molecule has 1 aromatic heterocycles. The number of ether oxygens (including phenoxy) is 1. The van der Waals surface area contributed by atoms with Crippen molar-refractivity contribution in [3.63, 3.8) is 0 Å². The van der Waals surface area contributed by atoms with Crippen molar-refractivity contribution in [3.05, 3.63) is 69.3 Å². The second kappa shape index (κ2) is 13.4. The van der Waals surface area contributed by atoms with Gasteiger partial charge in [-0.3, -0.25) is 9.79 Å². The zero-order valence-corrected chi connectivity index (χ0v) is 20.8. The third-order valence-electron chi connectivity index (χ3n) is 4.95. The lowest BCUT2D eigenvalue weighted by atomic mass is 10.1. The van der Waals surface area contributed by atoms with Gasteiger partial charge in [0.05, 0.1) is 25.4 Å². The molecule has 0 saturated heterocycles. The van der Waals surface area contributed by atoms with Crippen LogP contribution in [0.3, 0.4) is 0 Å². The van der Waals surface area contributed by atoms with Gasteiger partial charge in [-0.25, -0.2) is 0 Å². The highest BCUT2D eigenvalue weighted by atomic mass is 35.5. The summed E-state index contributed by atoms with van der Waals surface area (Å²) in [5, 5.41) is 16.9. The number of aromatic nitrogens is 1. The van der Waals surface area contributed by atoms with E-state index in [4.69, 9.17) is 21.7 Å². The number of benzene rings is 2. The first kappa shape index (κ1) is 27.7. The monoisotopic (exact) mass is 542 g/mol. The molecule has 0 radical (unpaired) electrons. The van der Waals surface area contributed by atoms with E-state index >= 15 is 0 Å². The molecular weight excluding hydrogens is 517 g/mol. The van der Waals surface area contributed by atoms with Gasteiger partial charge in [-0.05, 0) is 60.5 Å². The number of nitrogens with one attached hydrogen (secondary N) is 2. The lowest BCUT2D eigenvalue weighted by Crippen LogP contribution is -2.36. The van der Waals surface area contributed by atoms with Crippen molar-refractivity contribution in [2.75, 3.05) is 26.2 Å². The van der Waals surface area contributed by atoms with Crippen LogP contribution in [0, 0.1) is 0 Å². The van der Waals surface area contributed by atoms with E-state index in [0.29, 0.717) is 31.1 Å². The zero-order valence-electron chi connectivity index (χ0n) is 19.2. The first-order chi connectivity index (χ1) is 17.2. The Bertz CT molecular complexity index is 1180. The third-order valence-corrected chi connectivity index (χ3v) is 6.10. The Balaban J connectivity index is 1.75. The first-order valence-electron chi connectivity index (χ1n) is 11.1. The predicted octanol–water partition coefficient (Wildman–Crippen LogP) is 3.96. The van der Waals surface area contributed by atoms with Crippen LogP contribution in [0.1, 0.15) is 12.0 Å². The molecular formula is C24H26ClF3N4O3S. The molecule has 3 rings (SSSR count). The SMILES string of the molecule is O=C(CNCCCn1c(-c2ccc(OC(F)(F)F)cc2)csc1=NCc1ccc(Cl)cc1)NCCO. The van der Waals surface area contributed by atoms with Crippen LogP contribution in [0.4, 0.5) is 13.2 Å². The van der Waals surface area contributed by atoms with Gasteiger partial charge < -0.3 is 25.0 Å². The van der Waals surface area contributed by atoms with Crippen molar-refractivity contribution in [1.29, 1.82) is 0 Å². The fraction of sp³-hybridized carbons (Fsp3) is 0.333. The number of carbonyl (C=O) groups excluding carboxylic acids is 1. The second-order valence-electron chi connectivity index (χ2n) is 7.67. The highest BCUT2D eigenvalue weighted by molar-refractivity contribution is 7.07. The summed E-state index contributed by atoms with van der Waals surface area (Å²) in [6.07, 6.45) is -4.07. The van der Waals surface area contributed by atoms with E-state index in [1.807, 2.05) is 22.1 Å². The number of hydrogen-bond donors (Lipinski definition) is 3. The van der Waals surface area contributed by atoms with Gasteiger partial charge in [0.25, 0.3) is 0 Å². The van der Waals surface area contributed by atoms with Gasteiger partial charge in [-0.15, -0.1) is 24.5 Å². The van der Waals surface area contributed by atoms with Crippen LogP contribution < -0.4 is 20.2 Å². The quantitative estimate of drug-likeness (QED) is 0.302. The smallest absolute Gasteiger partial charge is 0.406 e. The highest BCUT2D eigenvalue weighted by Gasteiger charge is 2.31. The minimum absolute atomic E-state index is 0.116. The van der Waals surface area contributed by atoms with Crippen molar-refractivity contribution < 1.29 is 27.8 Å². The molecule has 0 aliphatic carbocycles. The molecule has 1 heterocycles. The largest absolute Gasteiger partial charge is 0.573 e. The van der Waals surface area contributed by atoms with Gasteiger partial charge in [0.1, 0.15) is 5.75 Å². The summed E-state index contributed by atoms with van der Waals surface area (Å²) in [4.78, 5) is 17.1. The van der Waals surface area contributed by atoms with Crippen LogP contribution in [0.5, 0.6) is 5.75 Å². The topological polar surface area (TPSA) is 87.9 Å². The molecule has 0 spiro atoms. The molecule has 194 valence electrons. The lowest BCUT2D eigenvalue weighted by Gasteiger charge is -2.12. The Morgan fingerprint density at radius 1 is 1.11 bits per heavy atom. The number of halogens is 4. The summed E-state index contributed by atoms with van der Waals surface area (Å²) in [6, 6.07) is 13.1. The number of alkyl halides is 3. The molecule has 0 fully saturated rings. The maximum absolute atomic E-state index is 12.5. The Kier molecular flexibility index (Phi) is 10.4. The molecule has 12 heteroatoms. The molecule has 7 nitrogen and oxygen atoms in total. The second-order valence-corrected chi connectivity index (χ2v) is 8.95. The van der Waals surface area contributed by atoms with Gasteiger partial charge in [-0.1, -0.05) is 23.7 Å². The molecule has 3 N–H and O–H groups in total. The number of hydrogen-bond acceptors (Lipinski definition) is 6. The Labute approximate surface area is 215 Å². The number of amides is 1. The Morgan fingerprint density at radius 2 is 1.83 bits per heavy atom. The summed E-state index contributed by atoms with van der Waals surface area (Å²) in [7, 11) is 0. The van der Waals surface area contributed by atoms with E-state index in [-0.39, 0.29) is 31.4 Å². The van der Waals surface area contributed by atoms with E-state index in [1.165, 1.54) is 23.5 Å². The van der Waals surface area contributed by atoms with Crippen molar-refractivity contribution in [3.8, 4) is 17.0 Å². The van der Waals surface area contributed by atoms with Gasteiger partial charge in [-0.2, -0.15) is 0 Å². The molecule has 36 heavy (non-hydrogen) atoms. The standard InChI is InChI=1S/C24H26ClF3N4O3S/c25-19-6-2-17(3-7-19)14-31-23-32(12-1-10-29-15-22(34)30-11-13-33)21(16-36-23)18-4-8-20(9-5-18)35-24(26,27)28/h2-9,16,29,33H,1,10-15H2,(H,30,34). The maximum Gasteiger partial charge on any atom is 0.573 e. The van der Waals surface area contributed by atoms with E-state index in [9.17, 15) is 18.0 Å². The highest BCUT2D eigenvalue weighted by Crippen LogP contribution is 2.27. The van der Waals surface area contributed by atoms with Crippen LogP contribution in [-0.2, 0) is 17.9 Å². The first-order valence-corrected chi connectivity index (χ1v) is 12.4. The average Bonchev–Trinajstić information content (AvgIpc) is 3.24. The number of thiazole rings is 1. The minimum atomic E-state index is -4.75. The normalized spacial score (nSPS) is 12.1. The maximum atomic E-state index is 12.5. The third kappa shape index (κ3) is 8.98. The van der Waals surface area contributed by atoms with Gasteiger partial charge >= 0.3 is 6.36 Å². The van der Waals surface area contributed by atoms with E-state index in [1.54, 1.807) is 24.3 Å². The molecule has 3 aromatic rings. The lowest BCUT2D eigenvalue weighted by molar-refractivity contribution is -0.274. The molecule has 2 aromatic carbocycles. The summed E-state index contributed by atoms with van der Waals surface area (Å²) in [5.74, 6) is -0.489. The van der Waals surface area contributed by atoms with Crippen molar-refractivity contribution in [1.82, 2.24) is 15.2 Å². The van der Waals surface area contributed by atoms with Gasteiger partial charge in [0, 0.05) is 23.5 Å². The van der Waals surface area contributed by atoms with Crippen molar-refractivity contribution in [2.24, 2.45) is 4.99 Å². The number of aliphatic hydroxyl groups is 1. The molecule has 0 aliphatic heterocycles. The Morgan fingerprint density at radius 3 is 2.50 bits per heavy atom. The van der Waals surface area contributed by atoms with Crippen molar-refractivity contribution >= 4 is 28.8 Å². The van der Waals surface area contributed by atoms with Crippen LogP contribution in [0.25, 0.3) is 11.3 Å². The number of aliphatic hydroxyl groups excluding tert-OH is 1. The number of nitrogens with zero attached hydrogens (tertiary/aromatic N) is 2. The Hall–Kier alpha value is -2.86. The molecule has 0 saturated carbocycles. The van der Waals surface area contributed by atoms with E-state index < -0.39 is 6.36 Å². The molecule has 0 atom stereocenters. The molecule has 0 bridgehead atoms. The minimum Gasteiger partial charge on any atom is -0.406 e. The van der Waals surface area contributed by atoms with Crippen LogP contribution in [-0.4, -0.2) is 48.2 Å². The molecule has 1 amide bonds. The summed E-state index contributed by atoms with van der Waals surface area (Å²) < 4.78 is 43.5. The zero-order chi connectivity index (χ0) is 26.0. The van der Waals surface area contributed by atoms with Gasteiger partial charge in [0.15, 0.2) is 4.80 Å². The fourth-order valence-electron chi connectivity index (χ4n) is 3.30.